The van der Waals surface area contributed by atoms with Gasteiger partial charge in [0.05, 0.1) is 0 Å². The summed E-state index contributed by atoms with van der Waals surface area (Å²) in [6.45, 7) is 0. The molecule has 0 aliphatic rings. The summed E-state index contributed by atoms with van der Waals surface area (Å²) in [4.78, 5) is 9.36. The molecular weight excluding hydrogens is 216 g/mol. The van der Waals surface area contributed by atoms with Crippen LogP contribution in [-0.2, 0) is 0 Å². The van der Waals surface area contributed by atoms with E-state index in [1.54, 1.807) is 35.9 Å². The molecule has 0 saturated carbocycles. The molecule has 0 fully saturated rings. The Morgan fingerprint density at radius 3 is 3.07 bits per heavy atom. The zero-order valence-corrected chi connectivity index (χ0v) is 8.79. The monoisotopic (exact) mass is 222 g/mol. The Labute approximate surface area is 90.9 Å². The smallest absolute Gasteiger partial charge is 0.153 e. The quantitative estimate of drug-likeness (QED) is 0.714. The normalized spacial score (nSPS) is 10.9. The summed E-state index contributed by atoms with van der Waals surface area (Å²) in [5, 5.41) is 2.66. The van der Waals surface area contributed by atoms with Gasteiger partial charge in [-0.2, -0.15) is 0 Å². The Bertz CT molecular complexity index is 437. The number of pyridine rings is 1. The first-order valence-corrected chi connectivity index (χ1v) is 5.29. The number of aromatic nitrogens is 1. The third-order valence-electron chi connectivity index (χ3n) is 1.57. The van der Waals surface area contributed by atoms with Crippen LogP contribution in [0.2, 0.25) is 5.02 Å². The molecule has 14 heavy (non-hydrogen) atoms. The molecular formula is C10H7ClN2S. The molecule has 0 saturated heterocycles. The van der Waals surface area contributed by atoms with Gasteiger partial charge in [0.2, 0.25) is 0 Å². The van der Waals surface area contributed by atoms with E-state index in [0.717, 1.165) is 4.88 Å². The van der Waals surface area contributed by atoms with Crippen molar-refractivity contribution in [1.29, 1.82) is 0 Å². The molecule has 0 bridgehead atoms. The van der Waals surface area contributed by atoms with Gasteiger partial charge < -0.3 is 0 Å². The van der Waals surface area contributed by atoms with Gasteiger partial charge in [-0.3, -0.25) is 0 Å². The number of aliphatic imine (C=N–C) groups is 1. The van der Waals surface area contributed by atoms with E-state index in [-0.39, 0.29) is 0 Å². The van der Waals surface area contributed by atoms with Crippen molar-refractivity contribution in [1.82, 2.24) is 4.98 Å². The molecule has 0 aliphatic carbocycles. The van der Waals surface area contributed by atoms with E-state index < -0.39 is 0 Å². The molecule has 2 heterocycles. The lowest BCUT2D eigenvalue weighted by Crippen LogP contribution is -1.75. The van der Waals surface area contributed by atoms with Crippen LogP contribution < -0.4 is 0 Å². The predicted molar refractivity (Wildman–Crippen MR) is 60.8 cm³/mol. The molecule has 0 unspecified atom stereocenters. The van der Waals surface area contributed by atoms with E-state index in [9.17, 15) is 0 Å². The second-order valence-electron chi connectivity index (χ2n) is 2.61. The van der Waals surface area contributed by atoms with Crippen LogP contribution in [0.3, 0.4) is 0 Å². The molecule has 2 rings (SSSR count). The molecule has 2 nitrogen and oxygen atoms in total. The second kappa shape index (κ2) is 4.35. The Balaban J connectivity index is 2.18. The van der Waals surface area contributed by atoms with E-state index in [1.807, 2.05) is 17.5 Å². The van der Waals surface area contributed by atoms with E-state index in [1.165, 1.54) is 0 Å². The lowest BCUT2D eigenvalue weighted by Gasteiger charge is -1.91. The molecule has 0 amide bonds. The third kappa shape index (κ3) is 2.40. The van der Waals surface area contributed by atoms with Crippen LogP contribution in [0.4, 0.5) is 5.82 Å². The Morgan fingerprint density at radius 1 is 1.43 bits per heavy atom. The summed E-state index contributed by atoms with van der Waals surface area (Å²) in [5.74, 6) is 0.630. The minimum Gasteiger partial charge on any atom is -0.237 e. The van der Waals surface area contributed by atoms with Crippen LogP contribution in [0.15, 0.2) is 40.8 Å². The Morgan fingerprint density at radius 2 is 2.36 bits per heavy atom. The first-order valence-electron chi connectivity index (χ1n) is 4.04. The fraction of sp³-hybridized carbons (Fsp3) is 0. The highest BCUT2D eigenvalue weighted by Gasteiger charge is 1.92. The molecule has 0 N–H and O–H groups in total. The van der Waals surface area contributed by atoms with Gasteiger partial charge in [0.1, 0.15) is 0 Å². The highest BCUT2D eigenvalue weighted by Crippen LogP contribution is 2.15. The third-order valence-corrected chi connectivity index (χ3v) is 2.62. The number of rotatable bonds is 2. The van der Waals surface area contributed by atoms with Gasteiger partial charge >= 0.3 is 0 Å². The van der Waals surface area contributed by atoms with Crippen molar-refractivity contribution in [3.05, 3.63) is 45.7 Å². The minimum absolute atomic E-state index is 0.630. The van der Waals surface area contributed by atoms with Crippen LogP contribution in [0.1, 0.15) is 4.88 Å². The van der Waals surface area contributed by atoms with Gasteiger partial charge in [-0.15, -0.1) is 11.3 Å². The maximum atomic E-state index is 5.79. The molecule has 0 radical (unpaired) electrons. The highest BCUT2D eigenvalue weighted by atomic mass is 35.5. The fourth-order valence-electron chi connectivity index (χ4n) is 0.959. The van der Waals surface area contributed by atoms with Crippen LogP contribution in [0.5, 0.6) is 0 Å². The summed E-state index contributed by atoms with van der Waals surface area (Å²) in [6.07, 6.45) is 3.42. The minimum atomic E-state index is 0.630. The molecule has 2 aromatic heterocycles. The number of hydrogen-bond donors (Lipinski definition) is 0. The average Bonchev–Trinajstić information content (AvgIpc) is 2.67. The lowest BCUT2D eigenvalue weighted by atomic mass is 10.4. The Kier molecular flexibility index (Phi) is 2.91. The van der Waals surface area contributed by atoms with Crippen LogP contribution in [0, 0.1) is 0 Å². The SMILES string of the molecule is Clc1ccnc(N=Cc2cccs2)c1. The molecule has 0 spiro atoms. The first kappa shape index (κ1) is 9.37. The van der Waals surface area contributed by atoms with Crippen LogP contribution in [-0.4, -0.2) is 11.2 Å². The zero-order valence-electron chi connectivity index (χ0n) is 7.22. The molecule has 0 aromatic carbocycles. The number of nitrogens with zero attached hydrogens (tertiary/aromatic N) is 2. The van der Waals surface area contributed by atoms with Gasteiger partial charge in [0.15, 0.2) is 5.82 Å². The molecule has 2 aromatic rings. The van der Waals surface area contributed by atoms with Crippen molar-refractivity contribution in [3.63, 3.8) is 0 Å². The average molecular weight is 223 g/mol. The van der Waals surface area contributed by atoms with Gasteiger partial charge in [-0.1, -0.05) is 17.7 Å². The van der Waals surface area contributed by atoms with E-state index in [4.69, 9.17) is 11.6 Å². The van der Waals surface area contributed by atoms with E-state index >= 15 is 0 Å². The summed E-state index contributed by atoms with van der Waals surface area (Å²) >= 11 is 7.43. The molecule has 0 atom stereocenters. The first-order chi connectivity index (χ1) is 6.84. The number of thiophene rings is 1. The van der Waals surface area contributed by atoms with Gasteiger partial charge in [0, 0.05) is 28.4 Å². The summed E-state index contributed by atoms with van der Waals surface area (Å²) in [7, 11) is 0. The maximum absolute atomic E-state index is 5.79. The Hall–Kier alpha value is -1.19. The van der Waals surface area contributed by atoms with Crippen molar-refractivity contribution in [3.8, 4) is 0 Å². The van der Waals surface area contributed by atoms with Crippen LogP contribution in [0.25, 0.3) is 0 Å². The van der Waals surface area contributed by atoms with Gasteiger partial charge in [0.25, 0.3) is 0 Å². The standard InChI is InChI=1S/C10H7ClN2S/c11-8-3-4-12-10(6-8)13-7-9-2-1-5-14-9/h1-7H. The fourth-order valence-corrected chi connectivity index (χ4v) is 1.70. The topological polar surface area (TPSA) is 25.2 Å². The number of halogens is 1. The highest BCUT2D eigenvalue weighted by molar-refractivity contribution is 7.11. The molecule has 0 aliphatic heterocycles. The maximum Gasteiger partial charge on any atom is 0.153 e. The van der Waals surface area contributed by atoms with Crippen molar-refractivity contribution >= 4 is 35.0 Å². The summed E-state index contributed by atoms with van der Waals surface area (Å²) in [5.41, 5.74) is 0. The van der Waals surface area contributed by atoms with Crippen LogP contribution >= 0.6 is 22.9 Å². The van der Waals surface area contributed by atoms with E-state index in [2.05, 4.69) is 9.98 Å². The van der Waals surface area contributed by atoms with Gasteiger partial charge in [-0.25, -0.2) is 9.98 Å². The van der Waals surface area contributed by atoms with Gasteiger partial charge in [-0.05, 0) is 17.5 Å². The van der Waals surface area contributed by atoms with Crippen molar-refractivity contribution in [2.45, 2.75) is 0 Å². The van der Waals surface area contributed by atoms with Crippen molar-refractivity contribution in [2.75, 3.05) is 0 Å². The molecule has 70 valence electrons. The molecule has 4 heteroatoms. The number of hydrogen-bond acceptors (Lipinski definition) is 3. The van der Waals surface area contributed by atoms with Crippen molar-refractivity contribution < 1.29 is 0 Å². The van der Waals surface area contributed by atoms with Crippen molar-refractivity contribution in [2.24, 2.45) is 4.99 Å². The zero-order chi connectivity index (χ0) is 9.80. The summed E-state index contributed by atoms with van der Waals surface area (Å²) in [6, 6.07) is 7.44. The largest absolute Gasteiger partial charge is 0.237 e. The second-order valence-corrected chi connectivity index (χ2v) is 4.02. The predicted octanol–water partition coefficient (Wildman–Crippen LogP) is 3.55. The lowest BCUT2D eigenvalue weighted by molar-refractivity contribution is 1.28. The van der Waals surface area contributed by atoms with E-state index in [0.29, 0.717) is 10.8 Å². The summed E-state index contributed by atoms with van der Waals surface area (Å²) < 4.78 is 0.